The first-order chi connectivity index (χ1) is 16.6. The summed E-state index contributed by atoms with van der Waals surface area (Å²) in [6.07, 6.45) is 0. The molecule has 0 bridgehead atoms. The van der Waals surface area contributed by atoms with E-state index in [2.05, 4.69) is 5.32 Å². The monoisotopic (exact) mass is 454 g/mol. The molecule has 3 aromatic carbocycles. The largest absolute Gasteiger partial charge is 0.497 e. The lowest BCUT2D eigenvalue weighted by Gasteiger charge is -2.20. The van der Waals surface area contributed by atoms with E-state index in [1.54, 1.807) is 36.1 Å². The Morgan fingerprint density at radius 2 is 1.59 bits per heavy atom. The Kier molecular flexibility index (Phi) is 7.03. The van der Waals surface area contributed by atoms with Crippen LogP contribution >= 0.6 is 0 Å². The summed E-state index contributed by atoms with van der Waals surface area (Å²) in [5.41, 5.74) is 3.00. The van der Waals surface area contributed by atoms with Gasteiger partial charge in [0.2, 0.25) is 5.91 Å². The zero-order chi connectivity index (χ0) is 23.9. The molecule has 34 heavy (non-hydrogen) atoms. The van der Waals surface area contributed by atoms with Crippen molar-refractivity contribution in [2.24, 2.45) is 0 Å². The summed E-state index contributed by atoms with van der Waals surface area (Å²) >= 11 is 0. The third kappa shape index (κ3) is 5.15. The van der Waals surface area contributed by atoms with Crippen LogP contribution in [0, 0.1) is 0 Å². The number of para-hydroxylation sites is 1. The Morgan fingerprint density at radius 1 is 0.941 bits per heavy atom. The summed E-state index contributed by atoms with van der Waals surface area (Å²) < 4.78 is 6.85. The molecule has 4 rings (SSSR count). The second kappa shape index (κ2) is 10.5. The molecule has 2 amide bonds. The Morgan fingerprint density at radius 3 is 2.21 bits per heavy atom. The van der Waals surface area contributed by atoms with Crippen molar-refractivity contribution in [2.45, 2.75) is 6.92 Å². The number of carbonyl (C=O) groups is 2. The summed E-state index contributed by atoms with van der Waals surface area (Å²) in [7, 11) is 1.57. The highest BCUT2D eigenvalue weighted by molar-refractivity contribution is 5.99. The minimum atomic E-state index is -0.305. The lowest BCUT2D eigenvalue weighted by molar-refractivity contribution is -0.116. The molecular weight excluding hydrogens is 428 g/mol. The molecule has 0 saturated heterocycles. The van der Waals surface area contributed by atoms with Crippen LogP contribution in [0.15, 0.2) is 91.0 Å². The van der Waals surface area contributed by atoms with Gasteiger partial charge in [-0.25, -0.2) is 4.68 Å². The van der Waals surface area contributed by atoms with E-state index in [4.69, 9.17) is 9.84 Å². The Bertz CT molecular complexity index is 1250. The van der Waals surface area contributed by atoms with Crippen LogP contribution in [0.25, 0.3) is 16.9 Å². The van der Waals surface area contributed by atoms with Gasteiger partial charge in [0.05, 0.1) is 18.5 Å². The topological polar surface area (TPSA) is 76.5 Å². The van der Waals surface area contributed by atoms with Gasteiger partial charge in [0.1, 0.15) is 18.1 Å². The summed E-state index contributed by atoms with van der Waals surface area (Å²) in [6.45, 7) is 2.16. The van der Waals surface area contributed by atoms with Crippen molar-refractivity contribution < 1.29 is 14.3 Å². The lowest BCUT2D eigenvalue weighted by Crippen LogP contribution is -2.38. The normalized spacial score (nSPS) is 10.5. The summed E-state index contributed by atoms with van der Waals surface area (Å²) in [4.78, 5) is 27.4. The quantitative estimate of drug-likeness (QED) is 0.421. The van der Waals surface area contributed by atoms with E-state index in [0.29, 0.717) is 23.7 Å². The summed E-state index contributed by atoms with van der Waals surface area (Å²) in [5.74, 6) is 0.672. The fourth-order valence-corrected chi connectivity index (χ4v) is 3.59. The zero-order valence-electron chi connectivity index (χ0n) is 19.1. The highest BCUT2D eigenvalue weighted by Crippen LogP contribution is 2.24. The molecule has 0 radical (unpaired) electrons. The van der Waals surface area contributed by atoms with Crippen molar-refractivity contribution >= 4 is 17.6 Å². The molecule has 7 nitrogen and oxygen atoms in total. The average Bonchev–Trinajstić information content (AvgIpc) is 3.31. The number of ether oxygens (including phenoxy) is 1. The van der Waals surface area contributed by atoms with Gasteiger partial charge < -0.3 is 15.0 Å². The maximum Gasteiger partial charge on any atom is 0.254 e. The van der Waals surface area contributed by atoms with E-state index in [1.165, 1.54) is 4.90 Å². The van der Waals surface area contributed by atoms with Crippen molar-refractivity contribution in [1.82, 2.24) is 14.7 Å². The first-order valence-corrected chi connectivity index (χ1v) is 11.0. The highest BCUT2D eigenvalue weighted by atomic mass is 16.5. The Hall–Kier alpha value is -4.39. The van der Waals surface area contributed by atoms with Crippen LogP contribution in [-0.4, -0.2) is 46.7 Å². The van der Waals surface area contributed by atoms with Crippen LogP contribution in [-0.2, 0) is 4.79 Å². The maximum atomic E-state index is 13.0. The molecular formula is C27H26N4O3. The van der Waals surface area contributed by atoms with E-state index in [1.807, 2.05) is 73.7 Å². The number of anilines is 1. The van der Waals surface area contributed by atoms with Crippen molar-refractivity contribution in [3.63, 3.8) is 0 Å². The average molecular weight is 455 g/mol. The van der Waals surface area contributed by atoms with Gasteiger partial charge in [-0.3, -0.25) is 9.59 Å². The van der Waals surface area contributed by atoms with Crippen LogP contribution in [0.2, 0.25) is 0 Å². The number of hydrogen-bond donors (Lipinski definition) is 1. The van der Waals surface area contributed by atoms with Gasteiger partial charge in [0, 0.05) is 23.7 Å². The zero-order valence-corrected chi connectivity index (χ0v) is 19.1. The molecule has 0 spiro atoms. The third-order valence-corrected chi connectivity index (χ3v) is 5.39. The lowest BCUT2D eigenvalue weighted by atomic mass is 10.1. The third-order valence-electron chi connectivity index (χ3n) is 5.39. The van der Waals surface area contributed by atoms with Gasteiger partial charge in [0.15, 0.2) is 0 Å². The molecule has 0 atom stereocenters. The molecule has 1 heterocycles. The summed E-state index contributed by atoms with van der Waals surface area (Å²) in [5, 5.41) is 7.65. The number of rotatable bonds is 8. The van der Waals surface area contributed by atoms with Crippen molar-refractivity contribution in [3.05, 3.63) is 96.6 Å². The first-order valence-electron chi connectivity index (χ1n) is 11.0. The molecule has 1 N–H and O–H groups in total. The maximum absolute atomic E-state index is 13.0. The van der Waals surface area contributed by atoms with Crippen LogP contribution in [0.4, 0.5) is 5.82 Å². The van der Waals surface area contributed by atoms with E-state index in [-0.39, 0.29) is 18.4 Å². The van der Waals surface area contributed by atoms with Crippen LogP contribution in [0.5, 0.6) is 5.75 Å². The molecule has 0 aliphatic rings. The fourth-order valence-electron chi connectivity index (χ4n) is 3.59. The van der Waals surface area contributed by atoms with E-state index < -0.39 is 0 Å². The number of nitrogens with one attached hydrogen (secondary N) is 1. The van der Waals surface area contributed by atoms with Crippen LogP contribution in [0.1, 0.15) is 17.3 Å². The standard InChI is InChI=1S/C27H26N4O3/c1-3-30(27(33)21-14-16-23(34-2)17-15-21)19-26(32)28-25-18-24(20-10-6-4-7-11-20)29-31(25)22-12-8-5-9-13-22/h4-18H,3,19H2,1-2H3,(H,28,32). The van der Waals surface area contributed by atoms with Gasteiger partial charge >= 0.3 is 0 Å². The molecule has 0 fully saturated rings. The van der Waals surface area contributed by atoms with Gasteiger partial charge in [-0.05, 0) is 43.3 Å². The van der Waals surface area contributed by atoms with E-state index in [0.717, 1.165) is 16.9 Å². The first kappa shape index (κ1) is 22.8. The second-order valence-electron chi connectivity index (χ2n) is 7.62. The Balaban J connectivity index is 1.55. The SMILES string of the molecule is CCN(CC(=O)Nc1cc(-c2ccccc2)nn1-c1ccccc1)C(=O)c1ccc(OC)cc1. The van der Waals surface area contributed by atoms with E-state index >= 15 is 0 Å². The number of benzene rings is 3. The van der Waals surface area contributed by atoms with E-state index in [9.17, 15) is 9.59 Å². The molecule has 7 heteroatoms. The van der Waals surface area contributed by atoms with Crippen molar-refractivity contribution in [3.8, 4) is 22.7 Å². The predicted octanol–water partition coefficient (Wildman–Crippen LogP) is 4.65. The van der Waals surface area contributed by atoms with Gasteiger partial charge in [-0.15, -0.1) is 0 Å². The molecule has 0 aliphatic carbocycles. The highest BCUT2D eigenvalue weighted by Gasteiger charge is 2.19. The number of likely N-dealkylation sites (N-methyl/N-ethyl adjacent to an activating group) is 1. The number of methoxy groups -OCH3 is 1. The predicted molar refractivity (Wildman–Crippen MR) is 132 cm³/mol. The van der Waals surface area contributed by atoms with Gasteiger partial charge in [-0.2, -0.15) is 5.10 Å². The molecule has 0 saturated carbocycles. The van der Waals surface area contributed by atoms with Crippen LogP contribution < -0.4 is 10.1 Å². The molecule has 172 valence electrons. The molecule has 0 unspecified atom stereocenters. The number of carbonyl (C=O) groups excluding carboxylic acids is 2. The molecule has 0 aliphatic heterocycles. The minimum Gasteiger partial charge on any atom is -0.497 e. The number of nitrogens with zero attached hydrogens (tertiary/aromatic N) is 3. The fraction of sp³-hybridized carbons (Fsp3) is 0.148. The molecule has 4 aromatic rings. The summed E-state index contributed by atoms with van der Waals surface area (Å²) in [6, 6.07) is 28.0. The second-order valence-corrected chi connectivity index (χ2v) is 7.62. The van der Waals surface area contributed by atoms with Gasteiger partial charge in [0.25, 0.3) is 5.91 Å². The Labute approximate surface area is 198 Å². The molecule has 1 aromatic heterocycles. The smallest absolute Gasteiger partial charge is 0.254 e. The number of amides is 2. The number of hydrogen-bond acceptors (Lipinski definition) is 4. The van der Waals surface area contributed by atoms with Crippen molar-refractivity contribution in [1.29, 1.82) is 0 Å². The van der Waals surface area contributed by atoms with Crippen LogP contribution in [0.3, 0.4) is 0 Å². The minimum absolute atomic E-state index is 0.0813. The van der Waals surface area contributed by atoms with Gasteiger partial charge in [-0.1, -0.05) is 48.5 Å². The number of aromatic nitrogens is 2. The van der Waals surface area contributed by atoms with Crippen molar-refractivity contribution in [2.75, 3.05) is 25.5 Å².